The van der Waals surface area contributed by atoms with Crippen molar-refractivity contribution in [2.45, 2.75) is 19.1 Å². The Morgan fingerprint density at radius 3 is 2.63 bits per heavy atom. The van der Waals surface area contributed by atoms with Gasteiger partial charge in [0.25, 0.3) is 0 Å². The van der Waals surface area contributed by atoms with Crippen LogP contribution in [-0.4, -0.2) is 48.9 Å². The summed E-state index contributed by atoms with van der Waals surface area (Å²) in [7, 11) is 3.98. The number of amides is 1. The Hall–Kier alpha value is -1.46. The summed E-state index contributed by atoms with van der Waals surface area (Å²) in [6, 6.07) is 6.56. The van der Waals surface area contributed by atoms with Gasteiger partial charge in [-0.15, -0.1) is 0 Å². The van der Waals surface area contributed by atoms with Gasteiger partial charge in [0.1, 0.15) is 12.0 Å². The van der Waals surface area contributed by atoms with Gasteiger partial charge in [0.05, 0.1) is 6.54 Å². The van der Waals surface area contributed by atoms with Gasteiger partial charge in [-0.25, -0.2) is 4.39 Å². The Balaban J connectivity index is 2.15. The number of likely N-dealkylation sites (N-methyl/N-ethyl adjacent to an activating group) is 1. The number of hydrogen-bond acceptors (Lipinski definition) is 3. The number of rotatable bonds is 4. The molecular formula is C14H20FN3O. The molecule has 1 aromatic carbocycles. The fraction of sp³-hybridized carbons (Fsp3) is 0.500. The van der Waals surface area contributed by atoms with E-state index in [0.717, 1.165) is 5.56 Å². The van der Waals surface area contributed by atoms with E-state index in [1.807, 2.05) is 19.0 Å². The van der Waals surface area contributed by atoms with Crippen molar-refractivity contribution in [3.8, 4) is 0 Å². The number of carbonyl (C=O) groups is 1. The first kappa shape index (κ1) is 14.0. The average molecular weight is 265 g/mol. The van der Waals surface area contributed by atoms with E-state index in [-0.39, 0.29) is 23.9 Å². The molecule has 0 bridgehead atoms. The minimum atomic E-state index is -0.263. The van der Waals surface area contributed by atoms with E-state index in [9.17, 15) is 9.18 Å². The summed E-state index contributed by atoms with van der Waals surface area (Å²) >= 11 is 0. The molecule has 0 spiro atoms. The number of nitrogens with zero attached hydrogens (tertiary/aromatic N) is 2. The highest BCUT2D eigenvalue weighted by Crippen LogP contribution is 2.23. The van der Waals surface area contributed by atoms with Crippen LogP contribution in [0.4, 0.5) is 4.39 Å². The summed E-state index contributed by atoms with van der Waals surface area (Å²) in [5.41, 5.74) is 0.915. The predicted molar refractivity (Wildman–Crippen MR) is 72.0 cm³/mol. The van der Waals surface area contributed by atoms with Crippen molar-refractivity contribution in [1.82, 2.24) is 15.1 Å². The summed E-state index contributed by atoms with van der Waals surface area (Å²) in [5, 5.41) is 3.17. The zero-order valence-electron chi connectivity index (χ0n) is 11.6. The minimum absolute atomic E-state index is 0.0861. The third-order valence-corrected chi connectivity index (χ3v) is 3.61. The molecule has 0 aromatic heterocycles. The van der Waals surface area contributed by atoms with Crippen LogP contribution in [0.5, 0.6) is 0 Å². The van der Waals surface area contributed by atoms with Crippen molar-refractivity contribution >= 4 is 5.91 Å². The third-order valence-electron chi connectivity index (χ3n) is 3.61. The first-order chi connectivity index (χ1) is 8.99. The fourth-order valence-electron chi connectivity index (χ4n) is 2.14. The van der Waals surface area contributed by atoms with Gasteiger partial charge >= 0.3 is 0 Å². The lowest BCUT2D eigenvalue weighted by Gasteiger charge is -2.30. The van der Waals surface area contributed by atoms with Crippen molar-refractivity contribution < 1.29 is 9.18 Å². The van der Waals surface area contributed by atoms with Crippen LogP contribution in [0.15, 0.2) is 24.3 Å². The lowest BCUT2D eigenvalue weighted by molar-refractivity contribution is -0.128. The second-order valence-corrected chi connectivity index (χ2v) is 5.19. The molecule has 1 fully saturated rings. The first-order valence-corrected chi connectivity index (χ1v) is 6.44. The molecule has 1 aromatic rings. The van der Waals surface area contributed by atoms with Crippen LogP contribution in [0.25, 0.3) is 0 Å². The molecule has 0 aliphatic carbocycles. The van der Waals surface area contributed by atoms with Crippen molar-refractivity contribution in [3.05, 3.63) is 35.6 Å². The topological polar surface area (TPSA) is 35.6 Å². The average Bonchev–Trinajstić information content (AvgIpc) is 2.72. The van der Waals surface area contributed by atoms with Crippen LogP contribution in [0.1, 0.15) is 18.7 Å². The molecule has 104 valence electrons. The van der Waals surface area contributed by atoms with E-state index in [1.165, 1.54) is 12.1 Å². The summed E-state index contributed by atoms with van der Waals surface area (Å²) in [5.74, 6) is -0.177. The minimum Gasteiger partial charge on any atom is -0.320 e. The highest BCUT2D eigenvalue weighted by atomic mass is 19.1. The van der Waals surface area contributed by atoms with Crippen molar-refractivity contribution in [2.75, 3.05) is 27.2 Å². The van der Waals surface area contributed by atoms with E-state index in [1.54, 1.807) is 12.1 Å². The molecule has 2 unspecified atom stereocenters. The zero-order chi connectivity index (χ0) is 14.0. The first-order valence-electron chi connectivity index (χ1n) is 6.44. The second-order valence-electron chi connectivity index (χ2n) is 5.19. The maximum absolute atomic E-state index is 13.0. The molecule has 1 amide bonds. The molecule has 1 heterocycles. The fourth-order valence-corrected chi connectivity index (χ4v) is 2.14. The van der Waals surface area contributed by atoms with Gasteiger partial charge < -0.3 is 9.80 Å². The molecule has 1 aliphatic rings. The Morgan fingerprint density at radius 2 is 2.05 bits per heavy atom. The summed E-state index contributed by atoms with van der Waals surface area (Å²) < 4.78 is 13.0. The molecule has 5 heteroatoms. The maximum atomic E-state index is 13.0. The number of carbonyl (C=O) groups excluding carboxylic acids is 1. The van der Waals surface area contributed by atoms with Crippen molar-refractivity contribution in [1.29, 1.82) is 0 Å². The molecule has 1 N–H and O–H groups in total. The summed E-state index contributed by atoms with van der Waals surface area (Å²) in [6.07, 6.45) is -0.157. The molecule has 2 rings (SSSR count). The SMILES string of the molecule is CC(CN1C(=O)CNC1c1ccc(F)cc1)N(C)C. The van der Waals surface area contributed by atoms with E-state index in [2.05, 4.69) is 17.1 Å². The van der Waals surface area contributed by atoms with Crippen LogP contribution in [0, 0.1) is 5.82 Å². The second kappa shape index (κ2) is 5.67. The van der Waals surface area contributed by atoms with Gasteiger partial charge in [-0.05, 0) is 38.7 Å². The quantitative estimate of drug-likeness (QED) is 0.888. The Kier molecular flexibility index (Phi) is 4.17. The van der Waals surface area contributed by atoms with Crippen LogP contribution < -0.4 is 5.32 Å². The number of halogens is 1. The Labute approximate surface area is 113 Å². The van der Waals surface area contributed by atoms with Crippen LogP contribution in [0.3, 0.4) is 0 Å². The molecule has 4 nitrogen and oxygen atoms in total. The largest absolute Gasteiger partial charge is 0.320 e. The highest BCUT2D eigenvalue weighted by molar-refractivity contribution is 5.81. The molecule has 2 atom stereocenters. The van der Waals surface area contributed by atoms with Crippen LogP contribution in [0.2, 0.25) is 0 Å². The predicted octanol–water partition coefficient (Wildman–Crippen LogP) is 1.21. The number of hydrogen-bond donors (Lipinski definition) is 1. The normalized spacial score (nSPS) is 21.2. The van der Waals surface area contributed by atoms with Gasteiger partial charge in [-0.2, -0.15) is 0 Å². The smallest absolute Gasteiger partial charge is 0.238 e. The summed E-state index contributed by atoms with van der Waals surface area (Å²) in [4.78, 5) is 15.8. The number of nitrogens with one attached hydrogen (secondary N) is 1. The zero-order valence-corrected chi connectivity index (χ0v) is 11.6. The molecule has 0 saturated carbocycles. The van der Waals surface area contributed by atoms with Gasteiger partial charge in [0.15, 0.2) is 0 Å². The van der Waals surface area contributed by atoms with Gasteiger partial charge in [0.2, 0.25) is 5.91 Å². The van der Waals surface area contributed by atoms with Gasteiger partial charge in [0, 0.05) is 12.6 Å². The van der Waals surface area contributed by atoms with Crippen molar-refractivity contribution in [3.63, 3.8) is 0 Å². The van der Waals surface area contributed by atoms with E-state index < -0.39 is 0 Å². The maximum Gasteiger partial charge on any atom is 0.238 e. The van der Waals surface area contributed by atoms with Gasteiger partial charge in [-0.3, -0.25) is 10.1 Å². The lowest BCUT2D eigenvalue weighted by Crippen LogP contribution is -2.41. The highest BCUT2D eigenvalue weighted by Gasteiger charge is 2.32. The molecule has 1 saturated heterocycles. The molecule has 1 aliphatic heterocycles. The Bertz CT molecular complexity index is 447. The van der Waals surface area contributed by atoms with Gasteiger partial charge in [-0.1, -0.05) is 12.1 Å². The van der Waals surface area contributed by atoms with Crippen LogP contribution >= 0.6 is 0 Å². The Morgan fingerprint density at radius 1 is 1.42 bits per heavy atom. The van der Waals surface area contributed by atoms with E-state index >= 15 is 0 Å². The summed E-state index contributed by atoms with van der Waals surface area (Å²) in [6.45, 7) is 3.07. The van der Waals surface area contributed by atoms with E-state index in [0.29, 0.717) is 13.1 Å². The lowest BCUT2D eigenvalue weighted by atomic mass is 10.1. The molecule has 19 heavy (non-hydrogen) atoms. The van der Waals surface area contributed by atoms with E-state index in [4.69, 9.17) is 0 Å². The molecule has 0 radical (unpaired) electrons. The third kappa shape index (κ3) is 3.11. The van der Waals surface area contributed by atoms with Crippen LogP contribution in [-0.2, 0) is 4.79 Å². The van der Waals surface area contributed by atoms with Crippen molar-refractivity contribution in [2.24, 2.45) is 0 Å². The number of benzene rings is 1. The standard InChI is InChI=1S/C14H20FN3O/c1-10(17(2)3)9-18-13(19)8-16-14(18)11-4-6-12(15)7-5-11/h4-7,10,14,16H,8-9H2,1-3H3. The molecular weight excluding hydrogens is 245 g/mol. The monoisotopic (exact) mass is 265 g/mol.